The van der Waals surface area contributed by atoms with E-state index in [0.29, 0.717) is 30.7 Å². The Labute approximate surface area is 110 Å². The van der Waals surface area contributed by atoms with E-state index in [2.05, 4.69) is 17.6 Å². The van der Waals surface area contributed by atoms with Crippen molar-refractivity contribution in [3.8, 4) is 0 Å². The fourth-order valence-corrected chi connectivity index (χ4v) is 3.18. The molecular weight excluding hydrogens is 228 g/mol. The Kier molecular flexibility index (Phi) is 5.89. The molecule has 0 aromatic heterocycles. The highest BCUT2D eigenvalue weighted by Gasteiger charge is 2.23. The lowest BCUT2D eigenvalue weighted by Gasteiger charge is -2.32. The van der Waals surface area contributed by atoms with Gasteiger partial charge in [-0.15, -0.1) is 0 Å². The third-order valence-electron chi connectivity index (χ3n) is 4.26. The first-order chi connectivity index (χ1) is 8.78. The first-order valence-corrected chi connectivity index (χ1v) is 7.46. The maximum Gasteiger partial charge on any atom is 0.0620 e. The molecule has 4 heteroatoms. The first kappa shape index (κ1) is 14.3. The van der Waals surface area contributed by atoms with E-state index in [4.69, 9.17) is 9.84 Å². The van der Waals surface area contributed by atoms with E-state index in [1.165, 1.54) is 25.7 Å². The van der Waals surface area contributed by atoms with E-state index in [-0.39, 0.29) is 0 Å². The molecule has 106 valence electrons. The van der Waals surface area contributed by atoms with Gasteiger partial charge in [0.2, 0.25) is 0 Å². The average molecular weight is 256 g/mol. The van der Waals surface area contributed by atoms with Crippen molar-refractivity contribution in [1.82, 2.24) is 10.6 Å². The molecule has 2 rings (SSSR count). The second-order valence-electron chi connectivity index (χ2n) is 5.93. The predicted octanol–water partition coefficient (Wildman–Crippen LogP) is 0.894. The number of morpholine rings is 1. The van der Waals surface area contributed by atoms with Crippen LogP contribution in [0.15, 0.2) is 0 Å². The molecule has 0 aromatic carbocycles. The minimum atomic E-state index is 0.367. The number of aliphatic hydroxyl groups excluding tert-OH is 1. The maximum atomic E-state index is 9.13. The van der Waals surface area contributed by atoms with Crippen LogP contribution in [0.2, 0.25) is 0 Å². The first-order valence-electron chi connectivity index (χ1n) is 7.46. The van der Waals surface area contributed by atoms with Crippen LogP contribution >= 0.6 is 0 Å². The second-order valence-corrected chi connectivity index (χ2v) is 5.93. The van der Waals surface area contributed by atoms with Crippen LogP contribution in [0.25, 0.3) is 0 Å². The van der Waals surface area contributed by atoms with Gasteiger partial charge in [0.1, 0.15) is 0 Å². The quantitative estimate of drug-likeness (QED) is 0.684. The lowest BCUT2D eigenvalue weighted by molar-refractivity contribution is 0.0701. The molecule has 0 spiro atoms. The lowest BCUT2D eigenvalue weighted by atomic mass is 9.86. The highest BCUT2D eigenvalue weighted by Crippen LogP contribution is 2.24. The van der Waals surface area contributed by atoms with Crippen LogP contribution in [-0.4, -0.2) is 49.6 Å². The summed E-state index contributed by atoms with van der Waals surface area (Å²) >= 11 is 0. The Hall–Kier alpha value is -0.160. The van der Waals surface area contributed by atoms with Gasteiger partial charge in [0, 0.05) is 31.3 Å². The topological polar surface area (TPSA) is 53.5 Å². The van der Waals surface area contributed by atoms with Crippen molar-refractivity contribution in [3.05, 3.63) is 0 Å². The summed E-state index contributed by atoms with van der Waals surface area (Å²) in [5.41, 5.74) is 0. The third kappa shape index (κ3) is 4.50. The molecule has 4 nitrogen and oxygen atoms in total. The number of hydrogen-bond acceptors (Lipinski definition) is 4. The largest absolute Gasteiger partial charge is 0.396 e. The Morgan fingerprint density at radius 2 is 2.11 bits per heavy atom. The molecule has 2 atom stereocenters. The Balaban J connectivity index is 1.63. The summed E-state index contributed by atoms with van der Waals surface area (Å²) in [6.07, 6.45) is 5.91. The maximum absolute atomic E-state index is 9.13. The SMILES string of the molecule is CC(CC1COCCN1)NC1CCC(CO)CC1. The summed E-state index contributed by atoms with van der Waals surface area (Å²) in [7, 11) is 0. The van der Waals surface area contributed by atoms with Crippen LogP contribution in [0.3, 0.4) is 0 Å². The van der Waals surface area contributed by atoms with E-state index < -0.39 is 0 Å². The monoisotopic (exact) mass is 256 g/mol. The standard InChI is InChI=1S/C14H28N2O2/c1-11(8-14-10-18-7-6-15-14)16-13-4-2-12(9-17)3-5-13/h11-17H,2-10H2,1H3. The van der Waals surface area contributed by atoms with Crippen molar-refractivity contribution < 1.29 is 9.84 Å². The van der Waals surface area contributed by atoms with Gasteiger partial charge < -0.3 is 20.5 Å². The molecule has 2 fully saturated rings. The lowest BCUT2D eigenvalue weighted by Crippen LogP contribution is -2.47. The van der Waals surface area contributed by atoms with Crippen molar-refractivity contribution in [2.75, 3.05) is 26.4 Å². The fourth-order valence-electron chi connectivity index (χ4n) is 3.18. The van der Waals surface area contributed by atoms with Gasteiger partial charge in [-0.25, -0.2) is 0 Å². The molecule has 0 bridgehead atoms. The number of nitrogens with one attached hydrogen (secondary N) is 2. The Morgan fingerprint density at radius 3 is 2.72 bits per heavy atom. The zero-order valence-electron chi connectivity index (χ0n) is 11.5. The molecule has 0 aromatic rings. The van der Waals surface area contributed by atoms with E-state index >= 15 is 0 Å². The Bertz CT molecular complexity index is 224. The summed E-state index contributed by atoms with van der Waals surface area (Å²) in [5, 5.41) is 16.4. The van der Waals surface area contributed by atoms with Crippen LogP contribution < -0.4 is 10.6 Å². The van der Waals surface area contributed by atoms with Crippen LogP contribution in [0.5, 0.6) is 0 Å². The van der Waals surface area contributed by atoms with E-state index in [1.54, 1.807) is 0 Å². The zero-order valence-corrected chi connectivity index (χ0v) is 11.5. The molecule has 1 saturated heterocycles. The molecule has 1 aliphatic heterocycles. The van der Waals surface area contributed by atoms with Gasteiger partial charge in [-0.2, -0.15) is 0 Å². The molecule has 18 heavy (non-hydrogen) atoms. The normalized spacial score (nSPS) is 35.3. The van der Waals surface area contributed by atoms with Crippen molar-refractivity contribution in [3.63, 3.8) is 0 Å². The van der Waals surface area contributed by atoms with E-state index in [9.17, 15) is 0 Å². The number of rotatable bonds is 5. The molecular formula is C14H28N2O2. The highest BCUT2D eigenvalue weighted by molar-refractivity contribution is 4.82. The van der Waals surface area contributed by atoms with Gasteiger partial charge >= 0.3 is 0 Å². The summed E-state index contributed by atoms with van der Waals surface area (Å²) < 4.78 is 5.48. The summed E-state index contributed by atoms with van der Waals surface area (Å²) in [6, 6.07) is 1.70. The van der Waals surface area contributed by atoms with E-state index in [0.717, 1.165) is 26.2 Å². The van der Waals surface area contributed by atoms with Gasteiger partial charge in [0.05, 0.1) is 13.2 Å². The number of hydrogen-bond donors (Lipinski definition) is 3. The summed E-state index contributed by atoms with van der Waals surface area (Å²) in [6.45, 7) is 5.33. The van der Waals surface area contributed by atoms with Crippen molar-refractivity contribution in [2.45, 2.75) is 57.2 Å². The van der Waals surface area contributed by atoms with Gasteiger partial charge in [-0.05, 0) is 44.9 Å². The van der Waals surface area contributed by atoms with Crippen LogP contribution in [0, 0.1) is 5.92 Å². The third-order valence-corrected chi connectivity index (χ3v) is 4.26. The summed E-state index contributed by atoms with van der Waals surface area (Å²) in [4.78, 5) is 0. The van der Waals surface area contributed by atoms with E-state index in [1.807, 2.05) is 0 Å². The van der Waals surface area contributed by atoms with Crippen LogP contribution in [-0.2, 0) is 4.74 Å². The van der Waals surface area contributed by atoms with Gasteiger partial charge in [0.15, 0.2) is 0 Å². The fraction of sp³-hybridized carbons (Fsp3) is 1.00. The van der Waals surface area contributed by atoms with Crippen molar-refractivity contribution >= 4 is 0 Å². The molecule has 1 saturated carbocycles. The van der Waals surface area contributed by atoms with Crippen molar-refractivity contribution in [2.24, 2.45) is 5.92 Å². The second kappa shape index (κ2) is 7.43. The summed E-state index contributed by atoms with van der Waals surface area (Å²) in [5.74, 6) is 0.548. The molecule has 1 aliphatic carbocycles. The van der Waals surface area contributed by atoms with Crippen molar-refractivity contribution in [1.29, 1.82) is 0 Å². The Morgan fingerprint density at radius 1 is 1.33 bits per heavy atom. The van der Waals surface area contributed by atoms with Crippen LogP contribution in [0.4, 0.5) is 0 Å². The molecule has 2 unspecified atom stereocenters. The molecule has 0 radical (unpaired) electrons. The predicted molar refractivity (Wildman–Crippen MR) is 72.7 cm³/mol. The molecule has 3 N–H and O–H groups in total. The highest BCUT2D eigenvalue weighted by atomic mass is 16.5. The van der Waals surface area contributed by atoms with Gasteiger partial charge in [0.25, 0.3) is 0 Å². The minimum Gasteiger partial charge on any atom is -0.396 e. The number of aliphatic hydroxyl groups is 1. The average Bonchev–Trinajstić information content (AvgIpc) is 2.40. The molecule has 0 amide bonds. The number of ether oxygens (including phenoxy) is 1. The minimum absolute atomic E-state index is 0.367. The molecule has 2 aliphatic rings. The van der Waals surface area contributed by atoms with Crippen LogP contribution in [0.1, 0.15) is 39.0 Å². The smallest absolute Gasteiger partial charge is 0.0620 e. The molecule has 1 heterocycles. The van der Waals surface area contributed by atoms with Gasteiger partial charge in [-0.1, -0.05) is 0 Å². The zero-order chi connectivity index (χ0) is 12.8. The van der Waals surface area contributed by atoms with Gasteiger partial charge in [-0.3, -0.25) is 0 Å².